The SMILES string of the molecule is Cc1cc(CN)c2cc(Cl)cc(C)c2n1. The molecule has 2 N–H and O–H groups in total. The van der Waals surface area contributed by atoms with Gasteiger partial charge in [-0.25, -0.2) is 0 Å². The third-order valence-corrected chi connectivity index (χ3v) is 2.72. The highest BCUT2D eigenvalue weighted by molar-refractivity contribution is 6.31. The summed E-state index contributed by atoms with van der Waals surface area (Å²) in [6.07, 6.45) is 0. The predicted octanol–water partition coefficient (Wildman–Crippen LogP) is 2.96. The first-order valence-corrected chi connectivity index (χ1v) is 5.26. The normalized spacial score (nSPS) is 10.9. The van der Waals surface area contributed by atoms with Gasteiger partial charge in [0.2, 0.25) is 0 Å². The van der Waals surface area contributed by atoms with E-state index in [4.69, 9.17) is 17.3 Å². The topological polar surface area (TPSA) is 38.9 Å². The molecule has 0 fully saturated rings. The number of benzene rings is 1. The lowest BCUT2D eigenvalue weighted by molar-refractivity contribution is 1.07. The van der Waals surface area contributed by atoms with E-state index < -0.39 is 0 Å². The van der Waals surface area contributed by atoms with Crippen molar-refractivity contribution < 1.29 is 0 Å². The first kappa shape index (κ1) is 10.4. The largest absolute Gasteiger partial charge is 0.326 e. The molecule has 0 unspecified atom stereocenters. The third kappa shape index (κ3) is 1.83. The molecule has 2 nitrogen and oxygen atoms in total. The average molecular weight is 221 g/mol. The van der Waals surface area contributed by atoms with Crippen molar-refractivity contribution in [3.05, 3.63) is 40.0 Å². The van der Waals surface area contributed by atoms with Gasteiger partial charge in [0.1, 0.15) is 0 Å². The number of hydrogen-bond acceptors (Lipinski definition) is 2. The maximum absolute atomic E-state index is 6.02. The molecule has 15 heavy (non-hydrogen) atoms. The van der Waals surface area contributed by atoms with E-state index in [0.29, 0.717) is 6.54 Å². The van der Waals surface area contributed by atoms with Gasteiger partial charge in [0.05, 0.1) is 5.52 Å². The van der Waals surface area contributed by atoms with Crippen molar-refractivity contribution in [1.82, 2.24) is 4.98 Å². The number of fused-ring (bicyclic) bond motifs is 1. The van der Waals surface area contributed by atoms with Crippen LogP contribution in [0.2, 0.25) is 5.02 Å². The molecule has 0 saturated carbocycles. The fraction of sp³-hybridized carbons (Fsp3) is 0.250. The molecule has 2 aromatic rings. The highest BCUT2D eigenvalue weighted by atomic mass is 35.5. The number of pyridine rings is 1. The summed E-state index contributed by atoms with van der Waals surface area (Å²) in [5.74, 6) is 0. The highest BCUT2D eigenvalue weighted by Gasteiger charge is 2.06. The minimum absolute atomic E-state index is 0.514. The van der Waals surface area contributed by atoms with Crippen molar-refractivity contribution in [3.63, 3.8) is 0 Å². The van der Waals surface area contributed by atoms with Crippen LogP contribution in [0, 0.1) is 13.8 Å². The molecule has 3 heteroatoms. The molecule has 2 rings (SSSR count). The fourth-order valence-corrected chi connectivity index (χ4v) is 2.11. The molecule has 0 radical (unpaired) electrons. The minimum Gasteiger partial charge on any atom is -0.326 e. The highest BCUT2D eigenvalue weighted by Crippen LogP contribution is 2.25. The zero-order valence-electron chi connectivity index (χ0n) is 8.84. The molecular formula is C12H13ClN2. The molecule has 0 atom stereocenters. The van der Waals surface area contributed by atoms with Crippen molar-refractivity contribution in [1.29, 1.82) is 0 Å². The molecule has 0 aliphatic carbocycles. The Balaban J connectivity index is 2.89. The summed E-state index contributed by atoms with van der Waals surface area (Å²) < 4.78 is 0. The number of halogens is 1. The summed E-state index contributed by atoms with van der Waals surface area (Å²) in [6.45, 7) is 4.51. The van der Waals surface area contributed by atoms with Crippen LogP contribution in [-0.4, -0.2) is 4.98 Å². The number of nitrogens with zero attached hydrogens (tertiary/aromatic N) is 1. The zero-order valence-corrected chi connectivity index (χ0v) is 9.60. The number of nitrogens with two attached hydrogens (primary N) is 1. The molecule has 0 spiro atoms. The lowest BCUT2D eigenvalue weighted by atomic mass is 10.0. The summed E-state index contributed by atoms with van der Waals surface area (Å²) in [4.78, 5) is 4.51. The van der Waals surface area contributed by atoms with Gasteiger partial charge in [-0.05, 0) is 43.2 Å². The number of hydrogen-bond donors (Lipinski definition) is 1. The molecule has 1 aromatic carbocycles. The van der Waals surface area contributed by atoms with Crippen LogP contribution in [0.25, 0.3) is 10.9 Å². The van der Waals surface area contributed by atoms with Gasteiger partial charge in [-0.15, -0.1) is 0 Å². The van der Waals surface area contributed by atoms with Crippen molar-refractivity contribution >= 4 is 22.5 Å². The Morgan fingerprint density at radius 2 is 2.00 bits per heavy atom. The van der Waals surface area contributed by atoms with Gasteiger partial charge in [-0.3, -0.25) is 4.98 Å². The van der Waals surface area contributed by atoms with Gasteiger partial charge in [0.15, 0.2) is 0 Å². The summed E-state index contributed by atoms with van der Waals surface area (Å²) in [7, 11) is 0. The Morgan fingerprint density at radius 3 is 2.67 bits per heavy atom. The van der Waals surface area contributed by atoms with Crippen LogP contribution in [-0.2, 0) is 6.54 Å². The summed E-state index contributed by atoms with van der Waals surface area (Å²) in [6, 6.07) is 5.87. The van der Waals surface area contributed by atoms with Gasteiger partial charge < -0.3 is 5.73 Å². The van der Waals surface area contributed by atoms with Crippen LogP contribution < -0.4 is 5.73 Å². The van der Waals surface area contributed by atoms with E-state index in [2.05, 4.69) is 4.98 Å². The van der Waals surface area contributed by atoms with E-state index in [1.54, 1.807) is 0 Å². The van der Waals surface area contributed by atoms with Crippen molar-refractivity contribution in [3.8, 4) is 0 Å². The van der Waals surface area contributed by atoms with Crippen LogP contribution in [0.15, 0.2) is 18.2 Å². The monoisotopic (exact) mass is 220 g/mol. The molecule has 1 aromatic heterocycles. The van der Waals surface area contributed by atoms with Crippen molar-refractivity contribution in [2.75, 3.05) is 0 Å². The second-order valence-corrected chi connectivity index (χ2v) is 4.18. The maximum atomic E-state index is 6.02. The Morgan fingerprint density at radius 1 is 1.27 bits per heavy atom. The van der Waals surface area contributed by atoms with Gasteiger partial charge >= 0.3 is 0 Å². The van der Waals surface area contributed by atoms with E-state index in [9.17, 15) is 0 Å². The van der Waals surface area contributed by atoms with Crippen LogP contribution in [0.5, 0.6) is 0 Å². The molecule has 0 aliphatic heterocycles. The molecule has 78 valence electrons. The lowest BCUT2D eigenvalue weighted by Crippen LogP contribution is -2.00. The summed E-state index contributed by atoms with van der Waals surface area (Å²) in [5.41, 5.74) is 9.90. The van der Waals surface area contributed by atoms with Crippen LogP contribution in [0.3, 0.4) is 0 Å². The number of aryl methyl sites for hydroxylation is 2. The van der Waals surface area contributed by atoms with E-state index in [0.717, 1.165) is 32.7 Å². The smallest absolute Gasteiger partial charge is 0.0738 e. The Hall–Kier alpha value is -1.12. The third-order valence-electron chi connectivity index (χ3n) is 2.50. The predicted molar refractivity (Wildman–Crippen MR) is 64.1 cm³/mol. The number of aromatic nitrogens is 1. The molecule has 0 amide bonds. The molecular weight excluding hydrogens is 208 g/mol. The van der Waals surface area contributed by atoms with Crippen LogP contribution in [0.1, 0.15) is 16.8 Å². The molecule has 0 saturated heterocycles. The van der Waals surface area contributed by atoms with Gasteiger partial charge in [0, 0.05) is 22.6 Å². The van der Waals surface area contributed by atoms with E-state index in [-0.39, 0.29) is 0 Å². The van der Waals surface area contributed by atoms with E-state index in [1.807, 2.05) is 32.0 Å². The fourth-order valence-electron chi connectivity index (χ4n) is 1.84. The van der Waals surface area contributed by atoms with Crippen LogP contribution >= 0.6 is 11.6 Å². The van der Waals surface area contributed by atoms with Crippen LogP contribution in [0.4, 0.5) is 0 Å². The zero-order chi connectivity index (χ0) is 11.0. The second kappa shape index (κ2) is 3.80. The Kier molecular flexibility index (Phi) is 2.63. The quantitative estimate of drug-likeness (QED) is 0.803. The summed E-state index contributed by atoms with van der Waals surface area (Å²) >= 11 is 6.02. The number of rotatable bonds is 1. The molecule has 1 heterocycles. The Labute approximate surface area is 94.1 Å². The van der Waals surface area contributed by atoms with Crippen molar-refractivity contribution in [2.45, 2.75) is 20.4 Å². The molecule has 0 bridgehead atoms. The standard InChI is InChI=1S/C12H13ClN2/c1-7-3-10(13)5-11-9(6-14)4-8(2)15-12(7)11/h3-5H,6,14H2,1-2H3. The minimum atomic E-state index is 0.514. The second-order valence-electron chi connectivity index (χ2n) is 3.75. The van der Waals surface area contributed by atoms with Crippen molar-refractivity contribution in [2.24, 2.45) is 5.73 Å². The van der Waals surface area contributed by atoms with Gasteiger partial charge in [0.25, 0.3) is 0 Å². The Bertz CT molecular complexity index is 521. The van der Waals surface area contributed by atoms with E-state index >= 15 is 0 Å². The first-order valence-electron chi connectivity index (χ1n) is 4.88. The van der Waals surface area contributed by atoms with Gasteiger partial charge in [-0.1, -0.05) is 11.6 Å². The van der Waals surface area contributed by atoms with Gasteiger partial charge in [-0.2, -0.15) is 0 Å². The maximum Gasteiger partial charge on any atom is 0.0738 e. The molecule has 0 aliphatic rings. The van der Waals surface area contributed by atoms with E-state index in [1.165, 1.54) is 0 Å². The summed E-state index contributed by atoms with van der Waals surface area (Å²) in [5, 5.41) is 1.80. The lowest BCUT2D eigenvalue weighted by Gasteiger charge is -2.08. The first-order chi connectivity index (χ1) is 7.11. The average Bonchev–Trinajstić information content (AvgIpc) is 2.18.